The molecule has 0 amide bonds. The standard InChI is InChI=1S/C11H14FNO2/c1-6-5-7(11(13)3-4-11)9(14)8(12)10(6)15-2/h5,14H,3-4,13H2,1-2H3. The van der Waals surface area contributed by atoms with Crippen LogP contribution in [0.1, 0.15) is 24.0 Å². The normalized spacial score (nSPS) is 17.6. The lowest BCUT2D eigenvalue weighted by atomic mass is 10.0. The zero-order valence-electron chi connectivity index (χ0n) is 8.80. The van der Waals surface area contributed by atoms with Gasteiger partial charge in [0.1, 0.15) is 0 Å². The lowest BCUT2D eigenvalue weighted by Crippen LogP contribution is -2.19. The summed E-state index contributed by atoms with van der Waals surface area (Å²) in [5.41, 5.74) is 6.53. The summed E-state index contributed by atoms with van der Waals surface area (Å²) < 4.78 is 18.5. The molecule has 3 nitrogen and oxygen atoms in total. The Morgan fingerprint density at radius 2 is 2.13 bits per heavy atom. The van der Waals surface area contributed by atoms with Gasteiger partial charge in [0, 0.05) is 11.1 Å². The monoisotopic (exact) mass is 211 g/mol. The van der Waals surface area contributed by atoms with Gasteiger partial charge in [0.25, 0.3) is 0 Å². The molecule has 15 heavy (non-hydrogen) atoms. The van der Waals surface area contributed by atoms with Gasteiger partial charge in [0.2, 0.25) is 5.82 Å². The Bertz CT molecular complexity index is 414. The lowest BCUT2D eigenvalue weighted by molar-refractivity contribution is 0.357. The topological polar surface area (TPSA) is 55.5 Å². The first-order valence-corrected chi connectivity index (χ1v) is 4.85. The van der Waals surface area contributed by atoms with Crippen LogP contribution >= 0.6 is 0 Å². The summed E-state index contributed by atoms with van der Waals surface area (Å²) in [4.78, 5) is 0. The quantitative estimate of drug-likeness (QED) is 0.784. The summed E-state index contributed by atoms with van der Waals surface area (Å²) in [7, 11) is 1.37. The molecule has 0 aromatic heterocycles. The van der Waals surface area contributed by atoms with E-state index >= 15 is 0 Å². The van der Waals surface area contributed by atoms with Gasteiger partial charge in [-0.3, -0.25) is 0 Å². The Kier molecular flexibility index (Phi) is 2.12. The maximum atomic E-state index is 13.7. The fourth-order valence-corrected chi connectivity index (χ4v) is 1.78. The van der Waals surface area contributed by atoms with Crippen molar-refractivity contribution in [2.24, 2.45) is 5.73 Å². The van der Waals surface area contributed by atoms with Crippen molar-refractivity contribution in [3.05, 3.63) is 23.0 Å². The minimum absolute atomic E-state index is 0.0838. The van der Waals surface area contributed by atoms with Gasteiger partial charge in [-0.15, -0.1) is 0 Å². The lowest BCUT2D eigenvalue weighted by Gasteiger charge is -2.15. The molecule has 4 heteroatoms. The van der Waals surface area contributed by atoms with E-state index in [0.717, 1.165) is 12.8 Å². The summed E-state index contributed by atoms with van der Waals surface area (Å²) in [5.74, 6) is -1.01. The highest BCUT2D eigenvalue weighted by molar-refractivity contribution is 5.51. The maximum Gasteiger partial charge on any atom is 0.207 e. The maximum absolute atomic E-state index is 13.7. The third-order valence-electron chi connectivity index (χ3n) is 2.91. The van der Waals surface area contributed by atoms with Gasteiger partial charge in [0.05, 0.1) is 7.11 Å². The molecule has 82 valence electrons. The molecule has 1 saturated carbocycles. The number of aromatic hydroxyl groups is 1. The van der Waals surface area contributed by atoms with E-state index in [9.17, 15) is 9.50 Å². The van der Waals surface area contributed by atoms with Crippen LogP contribution in [-0.2, 0) is 5.54 Å². The summed E-state index contributed by atoms with van der Waals surface area (Å²) in [6.45, 7) is 1.73. The molecule has 0 spiro atoms. The number of halogens is 1. The molecule has 1 fully saturated rings. The van der Waals surface area contributed by atoms with Crippen molar-refractivity contribution in [3.8, 4) is 11.5 Å². The average molecular weight is 211 g/mol. The van der Waals surface area contributed by atoms with Crippen molar-refractivity contribution in [2.75, 3.05) is 7.11 Å². The van der Waals surface area contributed by atoms with Crippen LogP contribution in [0.15, 0.2) is 6.07 Å². The molecule has 0 aliphatic heterocycles. The number of hydrogen-bond acceptors (Lipinski definition) is 3. The van der Waals surface area contributed by atoms with E-state index in [2.05, 4.69) is 0 Å². The summed E-state index contributed by atoms with van der Waals surface area (Å²) in [6, 6.07) is 1.70. The van der Waals surface area contributed by atoms with Crippen molar-refractivity contribution < 1.29 is 14.2 Å². The van der Waals surface area contributed by atoms with Crippen molar-refractivity contribution >= 4 is 0 Å². The van der Waals surface area contributed by atoms with E-state index in [-0.39, 0.29) is 11.5 Å². The van der Waals surface area contributed by atoms with Crippen molar-refractivity contribution in [2.45, 2.75) is 25.3 Å². The van der Waals surface area contributed by atoms with Crippen LogP contribution in [-0.4, -0.2) is 12.2 Å². The van der Waals surface area contributed by atoms with Gasteiger partial charge >= 0.3 is 0 Å². The Balaban J connectivity index is 2.59. The van der Waals surface area contributed by atoms with Crippen LogP contribution in [0.3, 0.4) is 0 Å². The highest BCUT2D eigenvalue weighted by Crippen LogP contribution is 2.48. The molecule has 0 bridgehead atoms. The second-order valence-corrected chi connectivity index (χ2v) is 4.09. The van der Waals surface area contributed by atoms with Crippen LogP contribution in [0.2, 0.25) is 0 Å². The van der Waals surface area contributed by atoms with Crippen LogP contribution in [0.25, 0.3) is 0 Å². The molecule has 0 saturated heterocycles. The van der Waals surface area contributed by atoms with Crippen LogP contribution in [0.4, 0.5) is 4.39 Å². The Morgan fingerprint density at radius 3 is 2.60 bits per heavy atom. The molecular weight excluding hydrogens is 197 g/mol. The average Bonchev–Trinajstić information content (AvgIpc) is 2.92. The molecule has 0 atom stereocenters. The number of hydrogen-bond donors (Lipinski definition) is 2. The molecule has 0 heterocycles. The Morgan fingerprint density at radius 1 is 1.53 bits per heavy atom. The van der Waals surface area contributed by atoms with E-state index in [1.807, 2.05) is 0 Å². The zero-order chi connectivity index (χ0) is 11.2. The fourth-order valence-electron chi connectivity index (χ4n) is 1.78. The van der Waals surface area contributed by atoms with Crippen molar-refractivity contribution in [3.63, 3.8) is 0 Å². The molecule has 0 unspecified atom stereocenters. The molecule has 1 aromatic rings. The highest BCUT2D eigenvalue weighted by atomic mass is 19.1. The zero-order valence-corrected chi connectivity index (χ0v) is 8.80. The molecule has 1 aromatic carbocycles. The van der Waals surface area contributed by atoms with Crippen LogP contribution in [0.5, 0.6) is 11.5 Å². The number of aryl methyl sites for hydroxylation is 1. The Hall–Kier alpha value is -1.29. The predicted molar refractivity (Wildman–Crippen MR) is 54.5 cm³/mol. The summed E-state index contributed by atoms with van der Waals surface area (Å²) >= 11 is 0. The highest BCUT2D eigenvalue weighted by Gasteiger charge is 2.43. The molecular formula is C11H14FNO2. The van der Waals surface area contributed by atoms with Gasteiger partial charge < -0.3 is 15.6 Å². The molecule has 2 rings (SSSR count). The first-order valence-electron chi connectivity index (χ1n) is 4.85. The number of rotatable bonds is 2. The van der Waals surface area contributed by atoms with Gasteiger partial charge in [-0.2, -0.15) is 4.39 Å². The number of ether oxygens (including phenoxy) is 1. The van der Waals surface area contributed by atoms with Gasteiger partial charge in [-0.1, -0.05) is 0 Å². The molecule has 1 aliphatic rings. The fraction of sp³-hybridized carbons (Fsp3) is 0.455. The third kappa shape index (κ3) is 1.45. The minimum atomic E-state index is -0.718. The number of phenols is 1. The first-order chi connectivity index (χ1) is 6.99. The van der Waals surface area contributed by atoms with E-state index in [4.69, 9.17) is 10.5 Å². The van der Waals surface area contributed by atoms with Crippen molar-refractivity contribution in [1.82, 2.24) is 0 Å². The molecule has 1 aliphatic carbocycles. The predicted octanol–water partition coefficient (Wildman–Crippen LogP) is 1.80. The summed E-state index contributed by atoms with van der Waals surface area (Å²) in [5, 5.41) is 9.67. The number of nitrogens with two attached hydrogens (primary N) is 1. The third-order valence-corrected chi connectivity index (χ3v) is 2.91. The van der Waals surface area contributed by atoms with E-state index in [1.165, 1.54) is 7.11 Å². The number of benzene rings is 1. The van der Waals surface area contributed by atoms with Crippen LogP contribution < -0.4 is 10.5 Å². The van der Waals surface area contributed by atoms with E-state index in [0.29, 0.717) is 11.1 Å². The minimum Gasteiger partial charge on any atom is -0.504 e. The molecule has 0 radical (unpaired) electrons. The Labute approximate surface area is 87.7 Å². The van der Waals surface area contributed by atoms with E-state index < -0.39 is 11.4 Å². The van der Waals surface area contributed by atoms with Gasteiger partial charge in [0.15, 0.2) is 11.5 Å². The second-order valence-electron chi connectivity index (χ2n) is 4.09. The summed E-state index contributed by atoms with van der Waals surface area (Å²) in [6.07, 6.45) is 1.57. The van der Waals surface area contributed by atoms with Gasteiger partial charge in [-0.05, 0) is 31.4 Å². The first kappa shape index (κ1) is 10.2. The SMILES string of the molecule is COc1c(C)cc(C2(N)CC2)c(O)c1F. The smallest absolute Gasteiger partial charge is 0.207 e. The van der Waals surface area contributed by atoms with E-state index in [1.54, 1.807) is 13.0 Å². The largest absolute Gasteiger partial charge is 0.504 e. The molecule has 3 N–H and O–H groups in total. The second kappa shape index (κ2) is 3.10. The van der Waals surface area contributed by atoms with Gasteiger partial charge in [-0.25, -0.2) is 0 Å². The number of phenolic OH excluding ortho intramolecular Hbond substituents is 1. The number of methoxy groups -OCH3 is 1. The van der Waals surface area contributed by atoms with Crippen LogP contribution in [0, 0.1) is 12.7 Å². The van der Waals surface area contributed by atoms with Crippen molar-refractivity contribution in [1.29, 1.82) is 0 Å².